The average molecular weight is 481 g/mol. The quantitative estimate of drug-likeness (QED) is 0.212. The molecule has 154 valence electrons. The SMILES string of the molecule is CCN1CCN(CCCCNC(=NC)N(C)CCOCC2CC2)CC1.I. The van der Waals surface area contributed by atoms with E-state index in [-0.39, 0.29) is 24.0 Å². The lowest BCUT2D eigenvalue weighted by Crippen LogP contribution is -2.46. The molecule has 1 saturated heterocycles. The van der Waals surface area contributed by atoms with Gasteiger partial charge in [-0.1, -0.05) is 6.92 Å². The van der Waals surface area contributed by atoms with Gasteiger partial charge >= 0.3 is 0 Å². The van der Waals surface area contributed by atoms with Gasteiger partial charge in [0.2, 0.25) is 0 Å². The van der Waals surface area contributed by atoms with E-state index >= 15 is 0 Å². The van der Waals surface area contributed by atoms with E-state index in [2.05, 4.69) is 39.0 Å². The average Bonchev–Trinajstić information content (AvgIpc) is 3.46. The molecule has 26 heavy (non-hydrogen) atoms. The highest BCUT2D eigenvalue weighted by atomic mass is 127. The van der Waals surface area contributed by atoms with Gasteiger partial charge in [-0.15, -0.1) is 24.0 Å². The maximum Gasteiger partial charge on any atom is 0.193 e. The number of unbranched alkanes of at least 4 members (excludes halogenated alkanes) is 1. The molecule has 2 aliphatic rings. The Kier molecular flexibility index (Phi) is 12.8. The molecule has 0 aromatic rings. The number of nitrogens with one attached hydrogen (secondary N) is 1. The minimum absolute atomic E-state index is 0. The van der Waals surface area contributed by atoms with Crippen molar-refractivity contribution in [3.63, 3.8) is 0 Å². The largest absolute Gasteiger partial charge is 0.379 e. The van der Waals surface area contributed by atoms with E-state index in [1.165, 1.54) is 65.0 Å². The number of guanidine groups is 1. The fourth-order valence-corrected chi connectivity index (χ4v) is 3.22. The summed E-state index contributed by atoms with van der Waals surface area (Å²) >= 11 is 0. The lowest BCUT2D eigenvalue weighted by Gasteiger charge is -2.34. The molecule has 2 fully saturated rings. The predicted molar refractivity (Wildman–Crippen MR) is 121 cm³/mol. The van der Waals surface area contributed by atoms with Crippen molar-refractivity contribution >= 4 is 29.9 Å². The van der Waals surface area contributed by atoms with Gasteiger partial charge in [-0.2, -0.15) is 0 Å². The van der Waals surface area contributed by atoms with Crippen LogP contribution < -0.4 is 5.32 Å². The van der Waals surface area contributed by atoms with Gasteiger partial charge in [0.05, 0.1) is 6.61 Å². The van der Waals surface area contributed by atoms with Crippen LogP contribution in [0.4, 0.5) is 0 Å². The Balaban J connectivity index is 0.00000338. The molecule has 0 spiro atoms. The molecular weight excluding hydrogens is 441 g/mol. The summed E-state index contributed by atoms with van der Waals surface area (Å²) in [6, 6.07) is 0. The van der Waals surface area contributed by atoms with Crippen LogP contribution in [0.3, 0.4) is 0 Å². The van der Waals surface area contributed by atoms with Gasteiger partial charge in [-0.25, -0.2) is 0 Å². The predicted octanol–water partition coefficient (Wildman–Crippen LogP) is 1.96. The van der Waals surface area contributed by atoms with Crippen molar-refractivity contribution in [1.82, 2.24) is 20.0 Å². The first-order chi connectivity index (χ1) is 12.2. The van der Waals surface area contributed by atoms with Crippen LogP contribution in [0, 0.1) is 5.92 Å². The number of halogens is 1. The molecule has 0 aromatic heterocycles. The molecule has 0 unspecified atom stereocenters. The maximum absolute atomic E-state index is 5.72. The third-order valence-electron chi connectivity index (χ3n) is 5.29. The van der Waals surface area contributed by atoms with Gasteiger partial charge in [0.15, 0.2) is 5.96 Å². The van der Waals surface area contributed by atoms with Crippen LogP contribution in [0.5, 0.6) is 0 Å². The van der Waals surface area contributed by atoms with Gasteiger partial charge in [-0.05, 0) is 44.7 Å². The number of likely N-dealkylation sites (N-methyl/N-ethyl adjacent to an activating group) is 2. The highest BCUT2D eigenvalue weighted by molar-refractivity contribution is 14.0. The van der Waals surface area contributed by atoms with E-state index < -0.39 is 0 Å². The van der Waals surface area contributed by atoms with E-state index in [1.807, 2.05) is 7.05 Å². The summed E-state index contributed by atoms with van der Waals surface area (Å²) in [5.41, 5.74) is 0. The second kappa shape index (κ2) is 14.0. The van der Waals surface area contributed by atoms with Crippen LogP contribution in [0.15, 0.2) is 4.99 Å². The number of hydrogen-bond donors (Lipinski definition) is 1. The van der Waals surface area contributed by atoms with E-state index in [0.717, 1.165) is 38.2 Å². The molecular formula is C19H40IN5O. The van der Waals surface area contributed by atoms with Gasteiger partial charge in [0.25, 0.3) is 0 Å². The summed E-state index contributed by atoms with van der Waals surface area (Å²) in [7, 11) is 3.94. The van der Waals surface area contributed by atoms with E-state index in [9.17, 15) is 0 Å². The van der Waals surface area contributed by atoms with Crippen molar-refractivity contribution in [3.05, 3.63) is 0 Å². The van der Waals surface area contributed by atoms with E-state index in [1.54, 1.807) is 0 Å². The number of nitrogens with zero attached hydrogens (tertiary/aromatic N) is 4. The summed E-state index contributed by atoms with van der Waals surface area (Å²) < 4.78 is 5.72. The molecule has 6 nitrogen and oxygen atoms in total. The van der Waals surface area contributed by atoms with E-state index in [4.69, 9.17) is 4.74 Å². The fraction of sp³-hybridized carbons (Fsp3) is 0.947. The molecule has 0 aromatic carbocycles. The van der Waals surface area contributed by atoms with Crippen molar-refractivity contribution in [3.8, 4) is 0 Å². The smallest absolute Gasteiger partial charge is 0.193 e. The van der Waals surface area contributed by atoms with Crippen LogP contribution in [0.2, 0.25) is 0 Å². The second-order valence-electron chi connectivity index (χ2n) is 7.40. The van der Waals surface area contributed by atoms with Crippen LogP contribution >= 0.6 is 24.0 Å². The molecule has 1 N–H and O–H groups in total. The minimum atomic E-state index is 0. The highest BCUT2D eigenvalue weighted by Crippen LogP contribution is 2.28. The van der Waals surface area contributed by atoms with Gasteiger partial charge in [0, 0.05) is 60.0 Å². The first-order valence-electron chi connectivity index (χ1n) is 10.2. The maximum atomic E-state index is 5.72. The van der Waals surface area contributed by atoms with Crippen molar-refractivity contribution in [2.75, 3.05) is 79.7 Å². The molecule has 0 bridgehead atoms. The lowest BCUT2D eigenvalue weighted by atomic mass is 10.2. The molecule has 2 rings (SSSR count). The highest BCUT2D eigenvalue weighted by Gasteiger charge is 2.21. The topological polar surface area (TPSA) is 43.3 Å². The van der Waals surface area contributed by atoms with E-state index in [0.29, 0.717) is 0 Å². The third kappa shape index (κ3) is 9.71. The molecule has 1 saturated carbocycles. The number of piperazine rings is 1. The number of ether oxygens (including phenoxy) is 1. The molecule has 1 heterocycles. The molecule has 0 atom stereocenters. The lowest BCUT2D eigenvalue weighted by molar-refractivity contribution is 0.115. The zero-order chi connectivity index (χ0) is 17.9. The third-order valence-corrected chi connectivity index (χ3v) is 5.29. The summed E-state index contributed by atoms with van der Waals surface area (Å²) in [6.07, 6.45) is 5.16. The normalized spacial score (nSPS) is 19.3. The zero-order valence-electron chi connectivity index (χ0n) is 17.1. The van der Waals surface area contributed by atoms with Gasteiger partial charge in [-0.3, -0.25) is 4.99 Å². The monoisotopic (exact) mass is 481 g/mol. The number of hydrogen-bond acceptors (Lipinski definition) is 4. The fourth-order valence-electron chi connectivity index (χ4n) is 3.22. The van der Waals surface area contributed by atoms with Gasteiger partial charge < -0.3 is 24.8 Å². The Hall–Kier alpha value is -0.120. The van der Waals surface area contributed by atoms with Crippen LogP contribution in [0.25, 0.3) is 0 Å². The Bertz CT molecular complexity index is 384. The first-order valence-corrected chi connectivity index (χ1v) is 10.2. The molecule has 0 amide bonds. The Morgan fingerprint density at radius 3 is 2.46 bits per heavy atom. The molecule has 0 radical (unpaired) electrons. The summed E-state index contributed by atoms with van der Waals surface area (Å²) in [5.74, 6) is 1.82. The first kappa shape index (κ1) is 23.9. The second-order valence-corrected chi connectivity index (χ2v) is 7.40. The van der Waals surface area contributed by atoms with Crippen molar-refractivity contribution < 1.29 is 4.74 Å². The van der Waals surface area contributed by atoms with Crippen LogP contribution in [0.1, 0.15) is 32.6 Å². The summed E-state index contributed by atoms with van der Waals surface area (Å²) in [5, 5.41) is 3.48. The molecule has 1 aliphatic carbocycles. The molecule has 7 heteroatoms. The minimum Gasteiger partial charge on any atom is -0.379 e. The van der Waals surface area contributed by atoms with Crippen molar-refractivity contribution in [1.29, 1.82) is 0 Å². The van der Waals surface area contributed by atoms with Crippen molar-refractivity contribution in [2.45, 2.75) is 32.6 Å². The van der Waals surface area contributed by atoms with Gasteiger partial charge in [0.1, 0.15) is 0 Å². The summed E-state index contributed by atoms with van der Waals surface area (Å²) in [4.78, 5) is 11.7. The standard InChI is InChI=1S/C19H39N5O.HI/c1-4-23-11-13-24(14-12-23)10-6-5-9-21-19(20-2)22(3)15-16-25-17-18-7-8-18;/h18H,4-17H2,1-3H3,(H,20,21);1H. The Morgan fingerprint density at radius 2 is 1.85 bits per heavy atom. The zero-order valence-corrected chi connectivity index (χ0v) is 19.4. The van der Waals surface area contributed by atoms with Crippen LogP contribution in [-0.4, -0.2) is 100 Å². The Labute approximate surface area is 177 Å². The molecule has 1 aliphatic heterocycles. The summed E-state index contributed by atoms with van der Waals surface area (Å²) in [6.45, 7) is 13.2. The number of aliphatic imine (C=N–C) groups is 1. The Morgan fingerprint density at radius 1 is 1.15 bits per heavy atom. The van der Waals surface area contributed by atoms with Crippen LogP contribution in [-0.2, 0) is 4.74 Å². The number of rotatable bonds is 11. The van der Waals surface area contributed by atoms with Crippen molar-refractivity contribution in [2.24, 2.45) is 10.9 Å².